The van der Waals surface area contributed by atoms with Gasteiger partial charge in [0.25, 0.3) is 5.69 Å². The second-order valence-corrected chi connectivity index (χ2v) is 6.57. The first-order valence-corrected chi connectivity index (χ1v) is 7.98. The van der Waals surface area contributed by atoms with Crippen molar-refractivity contribution in [2.75, 3.05) is 18.4 Å². The number of hydrogen-bond acceptors (Lipinski definition) is 6. The van der Waals surface area contributed by atoms with Gasteiger partial charge in [0.1, 0.15) is 5.69 Å². The smallest absolute Gasteiger partial charge is 0.293 e. The van der Waals surface area contributed by atoms with Crippen molar-refractivity contribution in [2.45, 2.75) is 32.2 Å². The number of aryl methyl sites for hydroxylation is 1. The van der Waals surface area contributed by atoms with Gasteiger partial charge in [0, 0.05) is 18.7 Å². The van der Waals surface area contributed by atoms with Gasteiger partial charge in [-0.2, -0.15) is 0 Å². The summed E-state index contributed by atoms with van der Waals surface area (Å²) in [5.41, 5.74) is 1.51. The highest BCUT2D eigenvalue weighted by Crippen LogP contribution is 2.32. The Kier molecular flexibility index (Phi) is 4.03. The molecule has 1 aliphatic rings. The number of anilines is 1. The highest BCUT2D eigenvalue weighted by molar-refractivity contribution is 7.18. The molecule has 1 aliphatic carbocycles. The van der Waals surface area contributed by atoms with Gasteiger partial charge in [0.05, 0.1) is 20.1 Å². The Hall–Kier alpha value is -1.73. The third kappa shape index (κ3) is 3.48. The molecule has 1 heterocycles. The van der Waals surface area contributed by atoms with Gasteiger partial charge in [0.15, 0.2) is 0 Å². The average molecular weight is 306 g/mol. The van der Waals surface area contributed by atoms with Crippen molar-refractivity contribution in [3.05, 3.63) is 27.3 Å². The zero-order valence-electron chi connectivity index (χ0n) is 11.9. The highest BCUT2D eigenvalue weighted by atomic mass is 32.1. The van der Waals surface area contributed by atoms with E-state index in [1.807, 2.05) is 6.92 Å². The molecule has 7 heteroatoms. The lowest BCUT2D eigenvalue weighted by molar-refractivity contribution is -0.383. The quantitative estimate of drug-likeness (QED) is 0.467. The van der Waals surface area contributed by atoms with Crippen LogP contribution in [0.25, 0.3) is 10.2 Å². The largest absolute Gasteiger partial charge is 0.379 e. The molecule has 21 heavy (non-hydrogen) atoms. The molecule has 1 saturated carbocycles. The Morgan fingerprint density at radius 1 is 1.43 bits per heavy atom. The van der Waals surface area contributed by atoms with Gasteiger partial charge in [-0.3, -0.25) is 10.1 Å². The fourth-order valence-electron chi connectivity index (χ4n) is 2.28. The van der Waals surface area contributed by atoms with Gasteiger partial charge in [-0.1, -0.05) is 0 Å². The average Bonchev–Trinajstić information content (AvgIpc) is 3.17. The number of rotatable bonds is 7. The number of aromatic nitrogens is 1. The summed E-state index contributed by atoms with van der Waals surface area (Å²) >= 11 is 1.48. The molecule has 2 aromatic rings. The molecule has 6 nitrogen and oxygen atoms in total. The minimum atomic E-state index is -0.334. The van der Waals surface area contributed by atoms with E-state index in [0.717, 1.165) is 34.7 Å². The van der Waals surface area contributed by atoms with E-state index in [4.69, 9.17) is 0 Å². The molecule has 0 saturated heterocycles. The summed E-state index contributed by atoms with van der Waals surface area (Å²) in [5.74, 6) is 0. The van der Waals surface area contributed by atoms with Crippen molar-refractivity contribution in [3.63, 3.8) is 0 Å². The second-order valence-electron chi connectivity index (χ2n) is 5.34. The fourth-order valence-corrected chi connectivity index (χ4v) is 3.12. The molecule has 1 aromatic carbocycles. The summed E-state index contributed by atoms with van der Waals surface area (Å²) in [4.78, 5) is 15.3. The fraction of sp³-hybridized carbons (Fsp3) is 0.500. The number of nitro groups is 1. The number of nitro benzene ring substituents is 1. The zero-order chi connectivity index (χ0) is 14.8. The molecule has 0 aliphatic heterocycles. The lowest BCUT2D eigenvalue weighted by atomic mass is 10.2. The molecule has 2 N–H and O–H groups in total. The van der Waals surface area contributed by atoms with Crippen molar-refractivity contribution in [3.8, 4) is 0 Å². The summed E-state index contributed by atoms with van der Waals surface area (Å²) < 4.78 is 0.861. The summed E-state index contributed by atoms with van der Waals surface area (Å²) in [5, 5.41) is 18.7. The van der Waals surface area contributed by atoms with Crippen LogP contribution >= 0.6 is 11.3 Å². The minimum absolute atomic E-state index is 0.126. The highest BCUT2D eigenvalue weighted by Gasteiger charge is 2.20. The molecule has 0 unspecified atom stereocenters. The van der Waals surface area contributed by atoms with Crippen LogP contribution in [0.3, 0.4) is 0 Å². The van der Waals surface area contributed by atoms with E-state index in [-0.39, 0.29) is 10.6 Å². The number of hydrogen-bond donors (Lipinski definition) is 2. The number of nitrogens with one attached hydrogen (secondary N) is 2. The standard InChI is InChI=1S/C14H18N4O2S/c1-9-17-12-7-11(13(18(19)20)8-14(12)21-9)16-6-2-5-15-10-3-4-10/h7-8,10,15-16H,2-6H2,1H3. The molecule has 112 valence electrons. The van der Waals surface area contributed by atoms with Crippen LogP contribution < -0.4 is 10.6 Å². The third-order valence-corrected chi connectivity index (χ3v) is 4.42. The van der Waals surface area contributed by atoms with Crippen LogP contribution in [0.1, 0.15) is 24.3 Å². The Morgan fingerprint density at radius 2 is 2.24 bits per heavy atom. The van der Waals surface area contributed by atoms with Gasteiger partial charge in [0.2, 0.25) is 0 Å². The molecule has 0 radical (unpaired) electrons. The maximum absolute atomic E-state index is 11.2. The number of thiazole rings is 1. The molecule has 0 bridgehead atoms. The maximum Gasteiger partial charge on any atom is 0.293 e. The first-order valence-electron chi connectivity index (χ1n) is 7.16. The Labute approximate surface area is 126 Å². The first-order chi connectivity index (χ1) is 10.1. The van der Waals surface area contributed by atoms with Gasteiger partial charge >= 0.3 is 0 Å². The molecule has 3 rings (SSSR count). The number of benzene rings is 1. The SMILES string of the molecule is Cc1nc2cc(NCCCNC3CC3)c([N+](=O)[O-])cc2s1. The van der Waals surface area contributed by atoms with Gasteiger partial charge < -0.3 is 10.6 Å². The van der Waals surface area contributed by atoms with E-state index < -0.39 is 0 Å². The van der Waals surface area contributed by atoms with Crippen LogP contribution in [0.15, 0.2) is 12.1 Å². The lowest BCUT2D eigenvalue weighted by Gasteiger charge is -2.07. The Balaban J connectivity index is 1.68. The molecular weight excluding hydrogens is 288 g/mol. The number of fused-ring (bicyclic) bond motifs is 1. The molecular formula is C14H18N4O2S. The van der Waals surface area contributed by atoms with Crippen molar-refractivity contribution in [1.29, 1.82) is 0 Å². The molecule has 1 fully saturated rings. The summed E-state index contributed by atoms with van der Waals surface area (Å²) in [7, 11) is 0. The summed E-state index contributed by atoms with van der Waals surface area (Å²) in [6.45, 7) is 3.58. The van der Waals surface area contributed by atoms with Crippen LogP contribution in [0.5, 0.6) is 0 Å². The molecule has 0 spiro atoms. The summed E-state index contributed by atoms with van der Waals surface area (Å²) in [6, 6.07) is 4.10. The number of nitrogens with zero attached hydrogens (tertiary/aromatic N) is 2. The van der Waals surface area contributed by atoms with E-state index in [1.54, 1.807) is 12.1 Å². The second kappa shape index (κ2) is 5.95. The van der Waals surface area contributed by atoms with Crippen LogP contribution in [0, 0.1) is 17.0 Å². The van der Waals surface area contributed by atoms with Gasteiger partial charge in [-0.25, -0.2) is 4.98 Å². The minimum Gasteiger partial charge on any atom is -0.379 e. The first kappa shape index (κ1) is 14.2. The van der Waals surface area contributed by atoms with Crippen molar-refractivity contribution < 1.29 is 4.92 Å². The van der Waals surface area contributed by atoms with Crippen LogP contribution in [-0.2, 0) is 0 Å². The van der Waals surface area contributed by atoms with Crippen molar-refractivity contribution in [1.82, 2.24) is 10.3 Å². The van der Waals surface area contributed by atoms with Crippen molar-refractivity contribution in [2.24, 2.45) is 0 Å². The van der Waals surface area contributed by atoms with Crippen LogP contribution in [-0.4, -0.2) is 29.0 Å². The summed E-state index contributed by atoms with van der Waals surface area (Å²) in [6.07, 6.45) is 3.50. The Morgan fingerprint density at radius 3 is 2.95 bits per heavy atom. The molecule has 0 atom stereocenters. The van der Waals surface area contributed by atoms with E-state index >= 15 is 0 Å². The van der Waals surface area contributed by atoms with E-state index in [2.05, 4.69) is 15.6 Å². The van der Waals surface area contributed by atoms with Gasteiger partial charge in [-0.05, 0) is 38.8 Å². The monoisotopic (exact) mass is 306 g/mol. The molecule has 1 aromatic heterocycles. The van der Waals surface area contributed by atoms with Crippen LogP contribution in [0.2, 0.25) is 0 Å². The Bertz CT molecular complexity index is 666. The lowest BCUT2D eigenvalue weighted by Crippen LogP contribution is -2.20. The predicted octanol–water partition coefficient (Wildman–Crippen LogP) is 3.07. The zero-order valence-corrected chi connectivity index (χ0v) is 12.7. The van der Waals surface area contributed by atoms with Crippen LogP contribution in [0.4, 0.5) is 11.4 Å². The molecule has 0 amide bonds. The maximum atomic E-state index is 11.2. The third-order valence-electron chi connectivity index (χ3n) is 3.49. The normalized spacial score (nSPS) is 14.5. The van der Waals surface area contributed by atoms with E-state index in [9.17, 15) is 10.1 Å². The van der Waals surface area contributed by atoms with E-state index in [1.165, 1.54) is 24.2 Å². The van der Waals surface area contributed by atoms with Gasteiger partial charge in [-0.15, -0.1) is 11.3 Å². The van der Waals surface area contributed by atoms with Crippen molar-refractivity contribution >= 4 is 32.9 Å². The van der Waals surface area contributed by atoms with E-state index in [0.29, 0.717) is 11.7 Å². The predicted molar refractivity (Wildman–Crippen MR) is 85.1 cm³/mol. The topological polar surface area (TPSA) is 80.1 Å².